The standard InChI is InChI=1S/C16H24N2O2.ClH/c1-19-15-4-2-3-5-16(15)20-11-10-18-9-7-14-13(12-18)6-8-17-14;/h2-5,13-14,17H,6-12H2,1H3;1H. The van der Waals surface area contributed by atoms with Gasteiger partial charge in [-0.15, -0.1) is 12.4 Å². The Morgan fingerprint density at radius 2 is 2.05 bits per heavy atom. The van der Waals surface area contributed by atoms with Crippen molar-refractivity contribution in [1.29, 1.82) is 0 Å². The van der Waals surface area contributed by atoms with Gasteiger partial charge in [0.15, 0.2) is 11.5 Å². The third kappa shape index (κ3) is 4.02. The Kier molecular flexibility index (Phi) is 6.15. The number of piperidine rings is 1. The van der Waals surface area contributed by atoms with Crippen molar-refractivity contribution in [2.45, 2.75) is 18.9 Å². The van der Waals surface area contributed by atoms with Gasteiger partial charge >= 0.3 is 0 Å². The number of rotatable bonds is 5. The van der Waals surface area contributed by atoms with Gasteiger partial charge in [0.05, 0.1) is 7.11 Å². The molecule has 1 aromatic carbocycles. The van der Waals surface area contributed by atoms with Gasteiger partial charge in [0.1, 0.15) is 6.61 Å². The van der Waals surface area contributed by atoms with Gasteiger partial charge in [-0.1, -0.05) is 12.1 Å². The van der Waals surface area contributed by atoms with Crippen LogP contribution in [-0.4, -0.2) is 50.8 Å². The van der Waals surface area contributed by atoms with Crippen molar-refractivity contribution >= 4 is 12.4 Å². The average Bonchev–Trinajstić information content (AvgIpc) is 2.95. The lowest BCUT2D eigenvalue weighted by molar-refractivity contribution is 0.137. The smallest absolute Gasteiger partial charge is 0.161 e. The second-order valence-electron chi connectivity index (χ2n) is 5.70. The lowest BCUT2D eigenvalue weighted by atomic mass is 9.93. The summed E-state index contributed by atoms with van der Waals surface area (Å²) >= 11 is 0. The quantitative estimate of drug-likeness (QED) is 0.903. The van der Waals surface area contributed by atoms with Crippen molar-refractivity contribution in [2.75, 3.05) is 39.9 Å². The third-order valence-corrected chi connectivity index (χ3v) is 4.47. The van der Waals surface area contributed by atoms with Gasteiger partial charge in [-0.2, -0.15) is 0 Å². The summed E-state index contributed by atoms with van der Waals surface area (Å²) in [6, 6.07) is 8.61. The van der Waals surface area contributed by atoms with E-state index in [1.165, 1.54) is 32.5 Å². The molecule has 3 rings (SSSR count). The van der Waals surface area contributed by atoms with E-state index in [-0.39, 0.29) is 12.4 Å². The maximum Gasteiger partial charge on any atom is 0.161 e. The number of likely N-dealkylation sites (tertiary alicyclic amines) is 1. The number of para-hydroxylation sites is 2. The second kappa shape index (κ2) is 7.87. The molecular weight excluding hydrogens is 288 g/mol. The minimum absolute atomic E-state index is 0. The van der Waals surface area contributed by atoms with Crippen LogP contribution < -0.4 is 14.8 Å². The zero-order valence-corrected chi connectivity index (χ0v) is 13.4. The van der Waals surface area contributed by atoms with E-state index in [9.17, 15) is 0 Å². The van der Waals surface area contributed by atoms with Crippen LogP contribution in [0.15, 0.2) is 24.3 Å². The lowest BCUT2D eigenvalue weighted by Gasteiger charge is -2.34. The number of benzene rings is 1. The van der Waals surface area contributed by atoms with E-state index in [1.807, 2.05) is 24.3 Å². The average molecular weight is 313 g/mol. The van der Waals surface area contributed by atoms with Crippen LogP contribution in [0.1, 0.15) is 12.8 Å². The SMILES string of the molecule is COc1ccccc1OCCN1CCC2NCCC2C1.Cl. The van der Waals surface area contributed by atoms with E-state index in [2.05, 4.69) is 10.2 Å². The number of methoxy groups -OCH3 is 1. The second-order valence-corrected chi connectivity index (χ2v) is 5.70. The number of fused-ring (bicyclic) bond motifs is 1. The zero-order chi connectivity index (χ0) is 13.8. The molecule has 2 saturated heterocycles. The van der Waals surface area contributed by atoms with Gasteiger partial charge in [0.2, 0.25) is 0 Å². The molecule has 118 valence electrons. The van der Waals surface area contributed by atoms with Crippen molar-refractivity contribution in [2.24, 2.45) is 5.92 Å². The largest absolute Gasteiger partial charge is 0.493 e. The maximum absolute atomic E-state index is 5.86. The van der Waals surface area contributed by atoms with Gasteiger partial charge < -0.3 is 14.8 Å². The number of nitrogens with one attached hydrogen (secondary N) is 1. The lowest BCUT2D eigenvalue weighted by Crippen LogP contribution is -2.45. The van der Waals surface area contributed by atoms with Crippen LogP contribution in [-0.2, 0) is 0 Å². The summed E-state index contributed by atoms with van der Waals surface area (Å²) in [6.45, 7) is 5.32. The van der Waals surface area contributed by atoms with E-state index >= 15 is 0 Å². The molecule has 1 N–H and O–H groups in total. The first-order chi connectivity index (χ1) is 9.86. The summed E-state index contributed by atoms with van der Waals surface area (Å²) in [6.07, 6.45) is 2.61. The van der Waals surface area contributed by atoms with E-state index < -0.39 is 0 Å². The molecule has 1 aromatic rings. The summed E-state index contributed by atoms with van der Waals surface area (Å²) in [5.74, 6) is 2.49. The van der Waals surface area contributed by atoms with E-state index in [4.69, 9.17) is 9.47 Å². The molecule has 0 aliphatic carbocycles. The Balaban J connectivity index is 0.00000161. The fourth-order valence-corrected chi connectivity index (χ4v) is 3.35. The number of hydrogen-bond acceptors (Lipinski definition) is 4. The van der Waals surface area contributed by atoms with Crippen molar-refractivity contribution in [3.05, 3.63) is 24.3 Å². The fourth-order valence-electron chi connectivity index (χ4n) is 3.35. The van der Waals surface area contributed by atoms with Crippen LogP contribution in [0.25, 0.3) is 0 Å². The highest BCUT2D eigenvalue weighted by Gasteiger charge is 2.32. The molecule has 2 fully saturated rings. The predicted molar refractivity (Wildman–Crippen MR) is 86.7 cm³/mol. The molecule has 0 radical (unpaired) electrons. The van der Waals surface area contributed by atoms with Gasteiger partial charge in [-0.05, 0) is 44.0 Å². The van der Waals surface area contributed by atoms with E-state index in [0.717, 1.165) is 36.6 Å². The highest BCUT2D eigenvalue weighted by molar-refractivity contribution is 5.85. The number of nitrogens with zero attached hydrogens (tertiary/aromatic N) is 1. The molecule has 5 heteroatoms. The van der Waals surface area contributed by atoms with Crippen molar-refractivity contribution in [1.82, 2.24) is 10.2 Å². The van der Waals surface area contributed by atoms with Gasteiger partial charge in [0.25, 0.3) is 0 Å². The first kappa shape index (κ1) is 16.4. The molecule has 21 heavy (non-hydrogen) atoms. The first-order valence-electron chi connectivity index (χ1n) is 7.58. The molecule has 2 atom stereocenters. The summed E-state index contributed by atoms with van der Waals surface area (Å²) in [4.78, 5) is 2.53. The van der Waals surface area contributed by atoms with Crippen LogP contribution in [0.3, 0.4) is 0 Å². The molecular formula is C16H25ClN2O2. The molecule has 2 aliphatic heterocycles. The van der Waals surface area contributed by atoms with Crippen molar-refractivity contribution in [3.63, 3.8) is 0 Å². The molecule has 0 amide bonds. The van der Waals surface area contributed by atoms with Crippen LogP contribution in [0.5, 0.6) is 11.5 Å². The molecule has 0 bridgehead atoms. The Bertz CT molecular complexity index is 444. The highest BCUT2D eigenvalue weighted by atomic mass is 35.5. The van der Waals surface area contributed by atoms with Crippen LogP contribution in [0, 0.1) is 5.92 Å². The van der Waals surface area contributed by atoms with Crippen molar-refractivity contribution < 1.29 is 9.47 Å². The van der Waals surface area contributed by atoms with Gasteiger partial charge in [-0.25, -0.2) is 0 Å². The van der Waals surface area contributed by atoms with Crippen LogP contribution in [0.4, 0.5) is 0 Å². The molecule has 0 saturated carbocycles. The maximum atomic E-state index is 5.86. The first-order valence-corrected chi connectivity index (χ1v) is 7.58. The Hall–Kier alpha value is -0.970. The summed E-state index contributed by atoms with van der Waals surface area (Å²) in [5, 5.41) is 3.60. The molecule has 2 heterocycles. The monoisotopic (exact) mass is 312 g/mol. The summed E-state index contributed by atoms with van der Waals surface area (Å²) < 4.78 is 11.2. The Labute approximate surface area is 133 Å². The predicted octanol–water partition coefficient (Wildman–Crippen LogP) is 2.18. The van der Waals surface area contributed by atoms with E-state index in [1.54, 1.807) is 7.11 Å². The molecule has 0 aromatic heterocycles. The van der Waals surface area contributed by atoms with Gasteiger partial charge in [-0.3, -0.25) is 4.90 Å². The Morgan fingerprint density at radius 1 is 1.24 bits per heavy atom. The van der Waals surface area contributed by atoms with Crippen molar-refractivity contribution in [3.8, 4) is 11.5 Å². The number of hydrogen-bond donors (Lipinski definition) is 1. The third-order valence-electron chi connectivity index (χ3n) is 4.47. The molecule has 2 aliphatic rings. The number of ether oxygens (including phenoxy) is 2. The van der Waals surface area contributed by atoms with E-state index in [0.29, 0.717) is 0 Å². The minimum atomic E-state index is 0. The fraction of sp³-hybridized carbons (Fsp3) is 0.625. The Morgan fingerprint density at radius 3 is 2.86 bits per heavy atom. The molecule has 4 nitrogen and oxygen atoms in total. The van der Waals surface area contributed by atoms with Crippen LogP contribution >= 0.6 is 12.4 Å². The summed E-state index contributed by atoms with van der Waals surface area (Å²) in [7, 11) is 1.68. The number of halogens is 1. The highest BCUT2D eigenvalue weighted by Crippen LogP contribution is 2.26. The van der Waals surface area contributed by atoms with Crippen LogP contribution in [0.2, 0.25) is 0 Å². The molecule has 0 spiro atoms. The summed E-state index contributed by atoms with van der Waals surface area (Å²) in [5.41, 5.74) is 0. The van der Waals surface area contributed by atoms with Gasteiger partial charge in [0, 0.05) is 19.1 Å². The normalized spacial score (nSPS) is 25.0. The topological polar surface area (TPSA) is 33.7 Å². The zero-order valence-electron chi connectivity index (χ0n) is 12.6. The minimum Gasteiger partial charge on any atom is -0.493 e. The molecule has 2 unspecified atom stereocenters.